The van der Waals surface area contributed by atoms with Crippen molar-refractivity contribution in [2.75, 3.05) is 12.0 Å². The highest BCUT2D eigenvalue weighted by atomic mass is 35.5. The largest absolute Gasteiger partial charge is 0.457 e. The molecule has 0 bridgehead atoms. The number of nitrogens with one attached hydrogen (secondary N) is 1. The van der Waals surface area contributed by atoms with Gasteiger partial charge in [0.25, 0.3) is 0 Å². The van der Waals surface area contributed by atoms with E-state index in [2.05, 4.69) is 5.32 Å². The molecular formula is C18H22ClFN2O2S. The van der Waals surface area contributed by atoms with Gasteiger partial charge in [-0.15, -0.1) is 12.4 Å². The number of rotatable bonds is 8. The first kappa shape index (κ1) is 21.3. The van der Waals surface area contributed by atoms with Gasteiger partial charge in [0.1, 0.15) is 17.3 Å². The summed E-state index contributed by atoms with van der Waals surface area (Å²) in [6.45, 7) is 0.419. The number of carbonyl (C=O) groups is 1. The molecule has 0 unspecified atom stereocenters. The number of amides is 1. The van der Waals surface area contributed by atoms with Crippen LogP contribution in [0.5, 0.6) is 11.5 Å². The van der Waals surface area contributed by atoms with Crippen molar-refractivity contribution in [1.82, 2.24) is 5.32 Å². The number of ether oxygens (including phenoxy) is 1. The summed E-state index contributed by atoms with van der Waals surface area (Å²) in [6.07, 6.45) is 2.65. The molecule has 136 valence electrons. The predicted octanol–water partition coefficient (Wildman–Crippen LogP) is 3.74. The zero-order valence-corrected chi connectivity index (χ0v) is 15.5. The molecule has 0 fully saturated rings. The number of thioether (sulfide) groups is 1. The maximum atomic E-state index is 12.9. The van der Waals surface area contributed by atoms with Crippen molar-refractivity contribution in [3.63, 3.8) is 0 Å². The molecule has 4 nitrogen and oxygen atoms in total. The summed E-state index contributed by atoms with van der Waals surface area (Å²) in [6, 6.07) is 12.7. The Morgan fingerprint density at radius 3 is 2.28 bits per heavy atom. The number of halogens is 2. The third-order valence-corrected chi connectivity index (χ3v) is 4.05. The van der Waals surface area contributed by atoms with Crippen molar-refractivity contribution in [1.29, 1.82) is 0 Å². The molecule has 0 aliphatic carbocycles. The van der Waals surface area contributed by atoms with Crippen molar-refractivity contribution in [3.05, 3.63) is 59.9 Å². The lowest BCUT2D eigenvalue weighted by Gasteiger charge is -2.12. The topological polar surface area (TPSA) is 64.4 Å². The minimum absolute atomic E-state index is 0. The van der Waals surface area contributed by atoms with Gasteiger partial charge >= 0.3 is 0 Å². The molecule has 7 heteroatoms. The van der Waals surface area contributed by atoms with E-state index in [-0.39, 0.29) is 24.1 Å². The first-order chi connectivity index (χ1) is 11.6. The molecule has 0 heterocycles. The highest BCUT2D eigenvalue weighted by molar-refractivity contribution is 7.98. The van der Waals surface area contributed by atoms with Crippen LogP contribution in [0.4, 0.5) is 4.39 Å². The van der Waals surface area contributed by atoms with Gasteiger partial charge < -0.3 is 15.8 Å². The first-order valence-corrected chi connectivity index (χ1v) is 9.02. The Hall–Kier alpha value is -1.76. The van der Waals surface area contributed by atoms with Crippen LogP contribution in [0.1, 0.15) is 12.0 Å². The first-order valence-electron chi connectivity index (χ1n) is 7.63. The van der Waals surface area contributed by atoms with E-state index >= 15 is 0 Å². The van der Waals surface area contributed by atoms with Crippen LogP contribution in [0.25, 0.3) is 0 Å². The van der Waals surface area contributed by atoms with Gasteiger partial charge in [0.05, 0.1) is 6.04 Å². The number of benzene rings is 2. The van der Waals surface area contributed by atoms with Crippen LogP contribution in [0, 0.1) is 5.82 Å². The Kier molecular flexibility index (Phi) is 9.34. The Morgan fingerprint density at radius 1 is 1.16 bits per heavy atom. The minimum atomic E-state index is -0.474. The molecule has 2 aromatic rings. The normalized spacial score (nSPS) is 11.3. The van der Waals surface area contributed by atoms with E-state index in [0.717, 1.165) is 11.3 Å². The van der Waals surface area contributed by atoms with E-state index < -0.39 is 6.04 Å². The molecule has 0 radical (unpaired) electrons. The van der Waals surface area contributed by atoms with E-state index in [4.69, 9.17) is 10.5 Å². The number of hydrogen-bond acceptors (Lipinski definition) is 4. The van der Waals surface area contributed by atoms with Gasteiger partial charge in [-0.2, -0.15) is 11.8 Å². The Labute approximate surface area is 157 Å². The zero-order valence-electron chi connectivity index (χ0n) is 13.9. The fourth-order valence-corrected chi connectivity index (χ4v) is 2.50. The molecule has 0 aliphatic heterocycles. The molecular weight excluding hydrogens is 363 g/mol. The van der Waals surface area contributed by atoms with Crippen LogP contribution in [0.15, 0.2) is 48.5 Å². The van der Waals surface area contributed by atoms with Gasteiger partial charge in [0, 0.05) is 6.54 Å². The molecule has 0 saturated heterocycles. The monoisotopic (exact) mass is 384 g/mol. The second-order valence-corrected chi connectivity index (χ2v) is 6.29. The lowest BCUT2D eigenvalue weighted by Crippen LogP contribution is -2.40. The Morgan fingerprint density at radius 2 is 1.72 bits per heavy atom. The SMILES string of the molecule is CSCC[C@H](N)C(=O)NCc1ccc(Oc2ccc(F)cc2)cc1.Cl. The summed E-state index contributed by atoms with van der Waals surface area (Å²) in [4.78, 5) is 11.9. The zero-order chi connectivity index (χ0) is 17.4. The average molecular weight is 385 g/mol. The second kappa shape index (κ2) is 11.0. The van der Waals surface area contributed by atoms with Crippen molar-refractivity contribution in [2.24, 2.45) is 5.73 Å². The summed E-state index contributed by atoms with van der Waals surface area (Å²) in [5.41, 5.74) is 6.77. The van der Waals surface area contributed by atoms with E-state index in [9.17, 15) is 9.18 Å². The standard InChI is InChI=1S/C18H21FN2O2S.ClH/c1-24-11-10-17(20)18(22)21-12-13-2-6-15(7-3-13)23-16-8-4-14(19)5-9-16;/h2-9,17H,10-12,20H2,1H3,(H,21,22);1H/t17-;/m0./s1. The molecule has 0 aromatic heterocycles. The summed E-state index contributed by atoms with van der Waals surface area (Å²) in [5, 5.41) is 2.83. The fraction of sp³-hybridized carbons (Fsp3) is 0.278. The Bertz CT molecular complexity index is 653. The molecule has 25 heavy (non-hydrogen) atoms. The predicted molar refractivity (Wildman–Crippen MR) is 103 cm³/mol. The number of nitrogens with two attached hydrogens (primary N) is 1. The maximum Gasteiger partial charge on any atom is 0.237 e. The van der Waals surface area contributed by atoms with Gasteiger partial charge in [-0.3, -0.25) is 4.79 Å². The van der Waals surface area contributed by atoms with Gasteiger partial charge in [-0.25, -0.2) is 4.39 Å². The van der Waals surface area contributed by atoms with Crippen LogP contribution >= 0.6 is 24.2 Å². The second-order valence-electron chi connectivity index (χ2n) is 5.31. The van der Waals surface area contributed by atoms with Crippen LogP contribution in [-0.4, -0.2) is 24.0 Å². The van der Waals surface area contributed by atoms with Crippen molar-refractivity contribution < 1.29 is 13.9 Å². The summed E-state index contributed by atoms with van der Waals surface area (Å²) in [7, 11) is 0. The molecule has 2 rings (SSSR count). The van der Waals surface area contributed by atoms with E-state index in [1.165, 1.54) is 12.1 Å². The minimum Gasteiger partial charge on any atom is -0.457 e. The lowest BCUT2D eigenvalue weighted by molar-refractivity contribution is -0.122. The highest BCUT2D eigenvalue weighted by Crippen LogP contribution is 2.21. The van der Waals surface area contributed by atoms with Crippen LogP contribution < -0.4 is 15.8 Å². The van der Waals surface area contributed by atoms with Gasteiger partial charge in [-0.05, 0) is 60.4 Å². The molecule has 2 aromatic carbocycles. The Balaban J connectivity index is 0.00000312. The quantitative estimate of drug-likeness (QED) is 0.727. The van der Waals surface area contributed by atoms with Crippen LogP contribution in [0.3, 0.4) is 0 Å². The highest BCUT2D eigenvalue weighted by Gasteiger charge is 2.12. The average Bonchev–Trinajstić information content (AvgIpc) is 2.60. The molecule has 0 spiro atoms. The molecule has 1 atom stereocenters. The maximum absolute atomic E-state index is 12.9. The van der Waals surface area contributed by atoms with Crippen LogP contribution in [-0.2, 0) is 11.3 Å². The number of hydrogen-bond donors (Lipinski definition) is 2. The molecule has 1 amide bonds. The smallest absolute Gasteiger partial charge is 0.237 e. The molecule has 3 N–H and O–H groups in total. The van der Waals surface area contributed by atoms with Crippen LogP contribution in [0.2, 0.25) is 0 Å². The van der Waals surface area contributed by atoms with Crippen molar-refractivity contribution >= 4 is 30.1 Å². The number of carbonyl (C=O) groups excluding carboxylic acids is 1. The van der Waals surface area contributed by atoms with Crippen molar-refractivity contribution in [2.45, 2.75) is 19.0 Å². The summed E-state index contributed by atoms with van der Waals surface area (Å²) in [5.74, 6) is 1.63. The van der Waals surface area contributed by atoms with Gasteiger partial charge in [0.2, 0.25) is 5.91 Å². The van der Waals surface area contributed by atoms with Crippen molar-refractivity contribution in [3.8, 4) is 11.5 Å². The van der Waals surface area contributed by atoms with E-state index in [1.807, 2.05) is 18.4 Å². The fourth-order valence-electron chi connectivity index (χ4n) is 2.01. The van der Waals surface area contributed by atoms with E-state index in [1.54, 1.807) is 36.0 Å². The third-order valence-electron chi connectivity index (χ3n) is 3.41. The van der Waals surface area contributed by atoms with E-state index in [0.29, 0.717) is 24.5 Å². The van der Waals surface area contributed by atoms with Gasteiger partial charge in [-0.1, -0.05) is 12.1 Å². The van der Waals surface area contributed by atoms with Gasteiger partial charge in [0.15, 0.2) is 0 Å². The molecule has 0 aliphatic rings. The summed E-state index contributed by atoms with van der Waals surface area (Å²) >= 11 is 1.67. The third kappa shape index (κ3) is 7.34. The molecule has 0 saturated carbocycles. The summed E-state index contributed by atoms with van der Waals surface area (Å²) < 4.78 is 18.5. The lowest BCUT2D eigenvalue weighted by atomic mass is 10.2.